The summed E-state index contributed by atoms with van der Waals surface area (Å²) in [4.78, 5) is 11.4. The topological polar surface area (TPSA) is 67.8 Å². The fourth-order valence-corrected chi connectivity index (χ4v) is 4.37. The van der Waals surface area contributed by atoms with Gasteiger partial charge in [-0.25, -0.2) is 0 Å². The van der Waals surface area contributed by atoms with Crippen molar-refractivity contribution in [2.75, 3.05) is 6.54 Å². The lowest BCUT2D eigenvalue weighted by Crippen LogP contribution is -2.38. The summed E-state index contributed by atoms with van der Waals surface area (Å²) in [6.07, 6.45) is -5.15. The highest BCUT2D eigenvalue weighted by Crippen LogP contribution is 2.44. The van der Waals surface area contributed by atoms with E-state index in [1.165, 1.54) is 0 Å². The molecule has 0 amide bonds. The number of alkyl halides is 3. The number of halogens is 3. The quantitative estimate of drug-likeness (QED) is 0.397. The molecule has 1 heterocycles. The van der Waals surface area contributed by atoms with Crippen LogP contribution in [0.25, 0.3) is 0 Å². The third kappa shape index (κ3) is 5.95. The number of ether oxygens (including phenoxy) is 2. The zero-order valence-corrected chi connectivity index (χ0v) is 19.1. The summed E-state index contributed by atoms with van der Waals surface area (Å²) < 4.78 is 51.5. The fourth-order valence-electron chi connectivity index (χ4n) is 4.37. The molecule has 8 heteroatoms. The molecule has 0 unspecified atom stereocenters. The molecule has 0 aliphatic carbocycles. The molecule has 1 aliphatic rings. The van der Waals surface area contributed by atoms with Crippen LogP contribution in [-0.2, 0) is 16.9 Å². The number of nitrogens with one attached hydrogen (secondary N) is 1. The number of carbonyl (C=O) groups is 1. The molecule has 184 valence electrons. The minimum absolute atomic E-state index is 0.313. The maximum Gasteiger partial charge on any atom is 0.393 e. The number of hydrogen-bond acceptors (Lipinski definition) is 4. The van der Waals surface area contributed by atoms with Gasteiger partial charge < -0.3 is 19.9 Å². The smallest absolute Gasteiger partial charge is 0.393 e. The van der Waals surface area contributed by atoms with E-state index in [1.54, 1.807) is 36.4 Å². The second-order valence-corrected chi connectivity index (χ2v) is 8.80. The minimum Gasteiger partial charge on any atom is -0.489 e. The molecule has 0 aromatic heterocycles. The van der Waals surface area contributed by atoms with Crippen LogP contribution in [-0.4, -0.2) is 23.8 Å². The lowest BCUT2D eigenvalue weighted by molar-refractivity contribution is -0.170. The predicted molar refractivity (Wildman–Crippen MR) is 125 cm³/mol. The molecule has 0 saturated carbocycles. The third-order valence-electron chi connectivity index (χ3n) is 6.23. The van der Waals surface area contributed by atoms with Gasteiger partial charge in [-0.15, -0.1) is 0 Å². The second-order valence-electron chi connectivity index (χ2n) is 8.80. The van der Waals surface area contributed by atoms with Crippen molar-refractivity contribution in [3.8, 4) is 17.2 Å². The Bertz CT molecular complexity index is 1170. The Balaban J connectivity index is 1.45. The lowest BCUT2D eigenvalue weighted by atomic mass is 9.82. The summed E-state index contributed by atoms with van der Waals surface area (Å²) >= 11 is 0. The summed E-state index contributed by atoms with van der Waals surface area (Å²) in [5, 5.41) is 12.2. The highest BCUT2D eigenvalue weighted by atomic mass is 19.4. The molecule has 3 aromatic rings. The second kappa shape index (κ2) is 10.00. The molecule has 3 aromatic carbocycles. The van der Waals surface area contributed by atoms with Crippen molar-refractivity contribution in [1.29, 1.82) is 0 Å². The van der Waals surface area contributed by atoms with Gasteiger partial charge in [0.1, 0.15) is 23.9 Å². The Labute approximate surface area is 201 Å². The Morgan fingerprint density at radius 3 is 2.34 bits per heavy atom. The van der Waals surface area contributed by atoms with Gasteiger partial charge in [-0.05, 0) is 60.4 Å². The normalized spacial score (nSPS) is 19.9. The van der Waals surface area contributed by atoms with Gasteiger partial charge >= 0.3 is 12.1 Å². The van der Waals surface area contributed by atoms with Crippen LogP contribution in [0.15, 0.2) is 72.8 Å². The monoisotopic (exact) mass is 485 g/mol. The Hall–Kier alpha value is -3.52. The van der Waals surface area contributed by atoms with Crippen LogP contribution in [0.5, 0.6) is 17.2 Å². The number of rotatable bonds is 8. The maximum absolute atomic E-state index is 13.2. The number of carboxylic acids is 1. The van der Waals surface area contributed by atoms with Crippen LogP contribution in [0.2, 0.25) is 0 Å². The van der Waals surface area contributed by atoms with E-state index >= 15 is 0 Å². The average molecular weight is 486 g/mol. The molecular weight excluding hydrogens is 459 g/mol. The zero-order valence-electron chi connectivity index (χ0n) is 19.1. The van der Waals surface area contributed by atoms with Crippen molar-refractivity contribution in [3.63, 3.8) is 0 Å². The number of benzene rings is 3. The van der Waals surface area contributed by atoms with Gasteiger partial charge in [0, 0.05) is 6.54 Å². The van der Waals surface area contributed by atoms with Gasteiger partial charge in [-0.2, -0.15) is 13.2 Å². The number of aryl methyl sites for hydroxylation is 1. The SMILES string of the molecule is Cc1cc(OCc2ccccc2)ccc1Oc1ccc([C@@]2(CC(=O)O)C[C@H](C(F)(F)F)CN2)cc1. The Kier molecular flexibility index (Phi) is 7.03. The van der Waals surface area contributed by atoms with Gasteiger partial charge in [0.15, 0.2) is 0 Å². The molecule has 1 aliphatic heterocycles. The summed E-state index contributed by atoms with van der Waals surface area (Å²) in [6.45, 7) is 2.02. The first-order chi connectivity index (χ1) is 16.6. The summed E-state index contributed by atoms with van der Waals surface area (Å²) in [6, 6.07) is 21.8. The highest BCUT2D eigenvalue weighted by molar-refractivity contribution is 5.69. The average Bonchev–Trinajstić information content (AvgIpc) is 3.25. The molecule has 2 atom stereocenters. The predicted octanol–water partition coefficient (Wildman–Crippen LogP) is 6.21. The molecular formula is C27H26F3NO4. The van der Waals surface area contributed by atoms with Crippen molar-refractivity contribution in [3.05, 3.63) is 89.5 Å². The first kappa shape index (κ1) is 24.6. The molecule has 5 nitrogen and oxygen atoms in total. The van der Waals surface area contributed by atoms with Gasteiger partial charge in [0.25, 0.3) is 0 Å². The summed E-state index contributed by atoms with van der Waals surface area (Å²) in [7, 11) is 0. The first-order valence-corrected chi connectivity index (χ1v) is 11.2. The molecule has 2 N–H and O–H groups in total. The maximum atomic E-state index is 13.2. The lowest BCUT2D eigenvalue weighted by Gasteiger charge is -2.29. The van der Waals surface area contributed by atoms with Crippen LogP contribution in [0, 0.1) is 12.8 Å². The van der Waals surface area contributed by atoms with Crippen molar-refractivity contribution in [2.24, 2.45) is 5.92 Å². The molecule has 1 fully saturated rings. The molecule has 1 saturated heterocycles. The number of carboxylic acid groups (broad SMARTS) is 1. The van der Waals surface area contributed by atoms with Crippen LogP contribution >= 0.6 is 0 Å². The Morgan fingerprint density at radius 1 is 1.06 bits per heavy atom. The molecule has 0 bridgehead atoms. The van der Waals surface area contributed by atoms with E-state index in [-0.39, 0.29) is 13.0 Å². The van der Waals surface area contributed by atoms with Crippen LogP contribution in [0.1, 0.15) is 29.5 Å². The van der Waals surface area contributed by atoms with Crippen LogP contribution < -0.4 is 14.8 Å². The molecule has 0 radical (unpaired) electrons. The van der Waals surface area contributed by atoms with Crippen LogP contribution in [0.4, 0.5) is 13.2 Å². The molecule has 4 rings (SSSR count). The molecule has 35 heavy (non-hydrogen) atoms. The van der Waals surface area contributed by atoms with Crippen LogP contribution in [0.3, 0.4) is 0 Å². The highest BCUT2D eigenvalue weighted by Gasteiger charge is 2.51. The van der Waals surface area contributed by atoms with E-state index in [4.69, 9.17) is 9.47 Å². The molecule has 0 spiro atoms. The van der Waals surface area contributed by atoms with E-state index in [0.717, 1.165) is 11.1 Å². The van der Waals surface area contributed by atoms with E-state index in [9.17, 15) is 23.1 Å². The number of hydrogen-bond donors (Lipinski definition) is 2. The summed E-state index contributed by atoms with van der Waals surface area (Å²) in [5.74, 6) is -0.947. The first-order valence-electron chi connectivity index (χ1n) is 11.2. The largest absolute Gasteiger partial charge is 0.489 e. The van der Waals surface area contributed by atoms with Crippen molar-refractivity contribution >= 4 is 5.97 Å². The van der Waals surface area contributed by atoms with Gasteiger partial charge in [-0.1, -0.05) is 42.5 Å². The van der Waals surface area contributed by atoms with E-state index in [0.29, 0.717) is 29.4 Å². The van der Waals surface area contributed by atoms with E-state index < -0.39 is 30.0 Å². The Morgan fingerprint density at radius 2 is 1.74 bits per heavy atom. The van der Waals surface area contributed by atoms with Gasteiger partial charge in [0.2, 0.25) is 0 Å². The van der Waals surface area contributed by atoms with Gasteiger partial charge in [0.05, 0.1) is 17.9 Å². The summed E-state index contributed by atoms with van der Waals surface area (Å²) in [5.41, 5.74) is 1.12. The van der Waals surface area contributed by atoms with Gasteiger partial charge in [-0.3, -0.25) is 4.79 Å². The fraction of sp³-hybridized carbons (Fsp3) is 0.296. The van der Waals surface area contributed by atoms with Crippen molar-refractivity contribution < 1.29 is 32.5 Å². The van der Waals surface area contributed by atoms with Crippen molar-refractivity contribution in [1.82, 2.24) is 5.32 Å². The van der Waals surface area contributed by atoms with E-state index in [1.807, 2.05) is 43.3 Å². The number of aliphatic carboxylic acids is 1. The zero-order chi connectivity index (χ0) is 25.1. The standard InChI is InChI=1S/C27H26F3NO4/c1-18-13-23(34-17-19-5-3-2-4-6-19)11-12-24(18)35-22-9-7-20(8-10-22)26(15-25(32)33)14-21(16-31-26)27(28,29)30/h2-13,21,31H,14-17H2,1H3,(H,32,33)/t21-,26-/m0/s1. The van der Waals surface area contributed by atoms with Crippen molar-refractivity contribution in [2.45, 2.75) is 38.1 Å². The minimum atomic E-state index is -4.38. The van der Waals surface area contributed by atoms with E-state index in [2.05, 4.69) is 5.32 Å². The third-order valence-corrected chi connectivity index (χ3v) is 6.23.